The Kier molecular flexibility index (Phi) is 3.51. The molecule has 1 aliphatic heterocycles. The van der Waals surface area contributed by atoms with Crippen molar-refractivity contribution in [1.82, 2.24) is 0 Å². The molecule has 3 rings (SSSR count). The monoisotopic (exact) mass is 298 g/mol. The fraction of sp³-hybridized carbons (Fsp3) is 0.286. The van der Waals surface area contributed by atoms with E-state index in [1.807, 2.05) is 30.3 Å². The molecule has 0 spiro atoms. The minimum atomic E-state index is -0.0347. The van der Waals surface area contributed by atoms with Crippen LogP contribution in [0.2, 0.25) is 4.34 Å². The van der Waals surface area contributed by atoms with Crippen LogP contribution in [0.1, 0.15) is 28.2 Å². The van der Waals surface area contributed by atoms with Gasteiger partial charge in [0.25, 0.3) is 0 Å². The Hall–Kier alpha value is -0.700. The van der Waals surface area contributed by atoms with Crippen molar-refractivity contribution >= 4 is 34.5 Å². The van der Waals surface area contributed by atoms with E-state index in [2.05, 4.69) is 6.07 Å². The van der Waals surface area contributed by atoms with Gasteiger partial charge < -0.3 is 4.74 Å². The zero-order valence-electron chi connectivity index (χ0n) is 9.61. The third kappa shape index (κ3) is 2.25. The summed E-state index contributed by atoms with van der Waals surface area (Å²) in [6, 6.07) is 12.1. The van der Waals surface area contributed by atoms with Gasteiger partial charge in [0.2, 0.25) is 0 Å². The Bertz CT molecular complexity index is 552. The number of halogens is 2. The van der Waals surface area contributed by atoms with E-state index < -0.39 is 0 Å². The van der Waals surface area contributed by atoms with Gasteiger partial charge in [0.05, 0.1) is 16.3 Å². The summed E-state index contributed by atoms with van der Waals surface area (Å²) in [7, 11) is 0. The van der Waals surface area contributed by atoms with Gasteiger partial charge >= 0.3 is 0 Å². The van der Waals surface area contributed by atoms with Crippen LogP contribution in [0.25, 0.3) is 0 Å². The number of benzene rings is 1. The van der Waals surface area contributed by atoms with Crippen LogP contribution in [-0.4, -0.2) is 6.61 Å². The van der Waals surface area contributed by atoms with E-state index in [4.69, 9.17) is 27.9 Å². The number of alkyl halides is 1. The highest BCUT2D eigenvalue weighted by Gasteiger charge is 2.29. The molecule has 0 fully saturated rings. The number of ether oxygens (including phenoxy) is 1. The molecule has 1 aromatic heterocycles. The zero-order valence-corrected chi connectivity index (χ0v) is 11.9. The normalized spacial score (nSPS) is 20.0. The lowest BCUT2D eigenvalue weighted by molar-refractivity contribution is 0.265. The maximum Gasteiger partial charge on any atom is 0.122 e. The van der Waals surface area contributed by atoms with Crippen LogP contribution in [0.4, 0.5) is 0 Å². The van der Waals surface area contributed by atoms with E-state index in [-0.39, 0.29) is 5.38 Å². The highest BCUT2D eigenvalue weighted by atomic mass is 35.5. The maximum absolute atomic E-state index is 6.62. The van der Waals surface area contributed by atoms with Gasteiger partial charge in [-0.1, -0.05) is 29.8 Å². The Morgan fingerprint density at radius 2 is 2.06 bits per heavy atom. The number of hydrogen-bond acceptors (Lipinski definition) is 2. The Morgan fingerprint density at radius 1 is 1.22 bits per heavy atom. The number of para-hydroxylation sites is 1. The number of rotatable bonds is 2. The first-order valence-electron chi connectivity index (χ1n) is 5.87. The molecular formula is C14H12Cl2OS. The molecule has 2 atom stereocenters. The Labute approximate surface area is 120 Å². The van der Waals surface area contributed by atoms with E-state index in [0.29, 0.717) is 5.92 Å². The second-order valence-corrected chi connectivity index (χ2v) is 6.54. The van der Waals surface area contributed by atoms with Gasteiger partial charge in [-0.05, 0) is 30.2 Å². The molecule has 1 nitrogen and oxygen atoms in total. The average Bonchev–Trinajstić information content (AvgIpc) is 2.84. The summed E-state index contributed by atoms with van der Waals surface area (Å²) in [5.74, 6) is 1.26. The van der Waals surface area contributed by atoms with Crippen LogP contribution in [0, 0.1) is 0 Å². The first-order chi connectivity index (χ1) is 8.75. The highest BCUT2D eigenvalue weighted by molar-refractivity contribution is 7.16. The molecule has 2 unspecified atom stereocenters. The molecule has 18 heavy (non-hydrogen) atoms. The molecule has 0 N–H and O–H groups in total. The summed E-state index contributed by atoms with van der Waals surface area (Å²) < 4.78 is 6.45. The molecule has 1 aromatic carbocycles. The summed E-state index contributed by atoms with van der Waals surface area (Å²) in [6.07, 6.45) is 0.945. The van der Waals surface area contributed by atoms with Crippen molar-refractivity contribution in [1.29, 1.82) is 0 Å². The molecule has 0 amide bonds. The molecule has 0 radical (unpaired) electrons. The Morgan fingerprint density at radius 3 is 2.83 bits per heavy atom. The predicted octanol–water partition coefficient (Wildman–Crippen LogP) is 5.25. The van der Waals surface area contributed by atoms with Gasteiger partial charge in [-0.2, -0.15) is 0 Å². The van der Waals surface area contributed by atoms with Crippen LogP contribution in [0.5, 0.6) is 5.75 Å². The molecule has 4 heteroatoms. The van der Waals surface area contributed by atoms with Crippen molar-refractivity contribution in [2.24, 2.45) is 0 Å². The second-order valence-electron chi connectivity index (χ2n) is 4.33. The van der Waals surface area contributed by atoms with Crippen molar-refractivity contribution < 1.29 is 4.74 Å². The smallest absolute Gasteiger partial charge is 0.122 e. The topological polar surface area (TPSA) is 9.23 Å². The van der Waals surface area contributed by atoms with Crippen molar-refractivity contribution in [3.63, 3.8) is 0 Å². The predicted molar refractivity (Wildman–Crippen MR) is 77.2 cm³/mol. The number of thiophene rings is 1. The van der Waals surface area contributed by atoms with Crippen LogP contribution in [0.3, 0.4) is 0 Å². The fourth-order valence-electron chi connectivity index (χ4n) is 2.35. The minimum Gasteiger partial charge on any atom is -0.493 e. The molecular weight excluding hydrogens is 287 g/mol. The maximum atomic E-state index is 6.62. The van der Waals surface area contributed by atoms with Crippen LogP contribution < -0.4 is 4.74 Å². The molecule has 94 valence electrons. The minimum absolute atomic E-state index is 0.0347. The van der Waals surface area contributed by atoms with Gasteiger partial charge in [0.1, 0.15) is 5.75 Å². The summed E-state index contributed by atoms with van der Waals surface area (Å²) in [4.78, 5) is 1.13. The van der Waals surface area contributed by atoms with Crippen molar-refractivity contribution in [3.8, 4) is 5.75 Å². The highest BCUT2D eigenvalue weighted by Crippen LogP contribution is 2.46. The van der Waals surface area contributed by atoms with Crippen LogP contribution in [-0.2, 0) is 0 Å². The van der Waals surface area contributed by atoms with Crippen molar-refractivity contribution in [2.75, 3.05) is 6.61 Å². The lowest BCUT2D eigenvalue weighted by atomic mass is 9.89. The van der Waals surface area contributed by atoms with Crippen LogP contribution in [0.15, 0.2) is 36.4 Å². The first-order valence-corrected chi connectivity index (χ1v) is 7.50. The third-order valence-corrected chi connectivity index (χ3v) is 5.21. The summed E-state index contributed by atoms with van der Waals surface area (Å²) in [5, 5.41) is -0.0347. The SMILES string of the molecule is Clc1ccc(C(Cl)C2CCOc3ccccc32)s1. The van der Waals surface area contributed by atoms with E-state index in [0.717, 1.165) is 28.0 Å². The average molecular weight is 299 g/mol. The zero-order chi connectivity index (χ0) is 12.5. The quantitative estimate of drug-likeness (QED) is 0.688. The first kappa shape index (κ1) is 12.3. The lowest BCUT2D eigenvalue weighted by Gasteiger charge is -2.28. The van der Waals surface area contributed by atoms with E-state index in [1.165, 1.54) is 5.56 Å². The van der Waals surface area contributed by atoms with Gasteiger partial charge in [0, 0.05) is 10.8 Å². The molecule has 0 bridgehead atoms. The number of fused-ring (bicyclic) bond motifs is 1. The summed E-state index contributed by atoms with van der Waals surface area (Å²) in [6.45, 7) is 0.726. The van der Waals surface area contributed by atoms with Gasteiger partial charge in [-0.15, -0.1) is 22.9 Å². The van der Waals surface area contributed by atoms with Crippen molar-refractivity contribution in [3.05, 3.63) is 51.2 Å². The van der Waals surface area contributed by atoms with E-state index >= 15 is 0 Å². The Balaban J connectivity index is 1.94. The standard InChI is InChI=1S/C14H12Cl2OS/c15-13-6-5-12(18-13)14(16)10-7-8-17-11-4-2-1-3-9(10)11/h1-6,10,14H,7-8H2. The summed E-state index contributed by atoms with van der Waals surface area (Å²) in [5.41, 5.74) is 1.20. The molecule has 2 heterocycles. The van der Waals surface area contributed by atoms with E-state index in [9.17, 15) is 0 Å². The van der Waals surface area contributed by atoms with Gasteiger partial charge in [0.15, 0.2) is 0 Å². The van der Waals surface area contributed by atoms with E-state index in [1.54, 1.807) is 11.3 Å². The molecule has 0 aliphatic carbocycles. The fourth-order valence-corrected chi connectivity index (χ4v) is 3.92. The molecule has 2 aromatic rings. The second kappa shape index (κ2) is 5.12. The molecule has 1 aliphatic rings. The number of hydrogen-bond donors (Lipinski definition) is 0. The van der Waals surface area contributed by atoms with Crippen LogP contribution >= 0.6 is 34.5 Å². The molecule has 0 saturated heterocycles. The van der Waals surface area contributed by atoms with Crippen molar-refractivity contribution in [2.45, 2.75) is 17.7 Å². The third-order valence-electron chi connectivity index (χ3n) is 3.22. The molecule has 0 saturated carbocycles. The summed E-state index contributed by atoms with van der Waals surface area (Å²) >= 11 is 14.2. The largest absolute Gasteiger partial charge is 0.493 e. The van der Waals surface area contributed by atoms with Gasteiger partial charge in [-0.3, -0.25) is 0 Å². The van der Waals surface area contributed by atoms with Gasteiger partial charge in [-0.25, -0.2) is 0 Å². The lowest BCUT2D eigenvalue weighted by Crippen LogP contribution is -2.17.